The second kappa shape index (κ2) is 5.03. The maximum atomic E-state index is 11.9. The lowest BCUT2D eigenvalue weighted by Crippen LogP contribution is -2.48. The molecule has 1 aliphatic rings. The summed E-state index contributed by atoms with van der Waals surface area (Å²) in [4.78, 5) is 28.8. The van der Waals surface area contributed by atoms with Crippen LogP contribution in [0.4, 0.5) is 5.69 Å². The third-order valence-electron chi connectivity index (χ3n) is 2.98. The van der Waals surface area contributed by atoms with E-state index in [4.69, 9.17) is 5.73 Å². The molecule has 0 bridgehead atoms. The first kappa shape index (κ1) is 12.3. The molecule has 2 rings (SSSR count). The molecule has 0 saturated carbocycles. The van der Waals surface area contributed by atoms with Gasteiger partial charge in [0, 0.05) is 37.9 Å². The van der Waals surface area contributed by atoms with Crippen molar-refractivity contribution in [3.63, 3.8) is 0 Å². The number of nitrogens with one attached hydrogen (secondary N) is 1. The molecular formula is C12H16N4O2. The smallest absolute Gasteiger partial charge is 0.270 e. The number of likely N-dealkylation sites (N-methyl/N-ethyl adjacent to an activating group) is 1. The summed E-state index contributed by atoms with van der Waals surface area (Å²) in [6.45, 7) is 0.535. The fraction of sp³-hybridized carbons (Fsp3) is 0.417. The van der Waals surface area contributed by atoms with E-state index in [0.29, 0.717) is 30.8 Å². The van der Waals surface area contributed by atoms with Crippen molar-refractivity contribution < 1.29 is 9.59 Å². The molecule has 0 aromatic carbocycles. The van der Waals surface area contributed by atoms with E-state index >= 15 is 0 Å². The van der Waals surface area contributed by atoms with Crippen molar-refractivity contribution in [3.8, 4) is 0 Å². The number of anilines is 1. The fourth-order valence-electron chi connectivity index (χ4n) is 1.96. The number of pyridine rings is 1. The van der Waals surface area contributed by atoms with Crippen molar-refractivity contribution in [1.29, 1.82) is 0 Å². The van der Waals surface area contributed by atoms with Gasteiger partial charge in [0.2, 0.25) is 5.91 Å². The van der Waals surface area contributed by atoms with Crippen LogP contribution in [0.5, 0.6) is 0 Å². The molecule has 18 heavy (non-hydrogen) atoms. The summed E-state index contributed by atoms with van der Waals surface area (Å²) in [6.07, 6.45) is 2.63. The number of hydrogen-bond donors (Lipinski definition) is 2. The molecule has 96 valence electrons. The van der Waals surface area contributed by atoms with Crippen LogP contribution in [0.2, 0.25) is 0 Å². The average molecular weight is 248 g/mol. The Balaban J connectivity index is 1.98. The minimum atomic E-state index is -0.255. The molecule has 0 spiro atoms. The largest absolute Gasteiger partial charge is 0.399 e. The molecule has 1 saturated heterocycles. The molecule has 1 unspecified atom stereocenters. The molecule has 1 atom stereocenters. The SMILES string of the molecule is CN1CC(NC(=O)c2cc(N)ccn2)CCC1=O. The molecule has 1 aliphatic heterocycles. The van der Waals surface area contributed by atoms with Gasteiger partial charge in [0.25, 0.3) is 5.91 Å². The molecule has 2 heterocycles. The van der Waals surface area contributed by atoms with Gasteiger partial charge >= 0.3 is 0 Å². The molecule has 1 aromatic rings. The van der Waals surface area contributed by atoms with Crippen molar-refractivity contribution in [1.82, 2.24) is 15.2 Å². The second-order valence-electron chi connectivity index (χ2n) is 4.46. The summed E-state index contributed by atoms with van der Waals surface area (Å²) in [5, 5.41) is 2.86. The molecule has 2 amide bonds. The van der Waals surface area contributed by atoms with Crippen LogP contribution in [0, 0.1) is 0 Å². The van der Waals surface area contributed by atoms with Gasteiger partial charge in [-0.1, -0.05) is 0 Å². The maximum Gasteiger partial charge on any atom is 0.270 e. The number of likely N-dealkylation sites (tertiary alicyclic amines) is 1. The zero-order valence-corrected chi connectivity index (χ0v) is 10.2. The minimum absolute atomic E-state index is 0.0246. The van der Waals surface area contributed by atoms with E-state index in [1.807, 2.05) is 0 Å². The van der Waals surface area contributed by atoms with Crippen molar-refractivity contribution in [3.05, 3.63) is 24.0 Å². The Morgan fingerprint density at radius 3 is 3.06 bits per heavy atom. The van der Waals surface area contributed by atoms with E-state index in [1.165, 1.54) is 12.3 Å². The van der Waals surface area contributed by atoms with Gasteiger partial charge in [-0.2, -0.15) is 0 Å². The molecular weight excluding hydrogens is 232 g/mol. The summed E-state index contributed by atoms with van der Waals surface area (Å²) in [5.41, 5.74) is 6.40. The van der Waals surface area contributed by atoms with E-state index in [0.717, 1.165) is 0 Å². The Hall–Kier alpha value is -2.11. The molecule has 6 nitrogen and oxygen atoms in total. The molecule has 1 fully saturated rings. The Kier molecular flexibility index (Phi) is 3.45. The van der Waals surface area contributed by atoms with E-state index in [-0.39, 0.29) is 17.9 Å². The highest BCUT2D eigenvalue weighted by atomic mass is 16.2. The average Bonchev–Trinajstić information content (AvgIpc) is 2.34. The summed E-state index contributed by atoms with van der Waals surface area (Å²) in [5.74, 6) is -0.141. The minimum Gasteiger partial charge on any atom is -0.399 e. The van der Waals surface area contributed by atoms with Gasteiger partial charge in [-0.25, -0.2) is 0 Å². The molecule has 0 radical (unpaired) electrons. The van der Waals surface area contributed by atoms with Crippen LogP contribution in [0.3, 0.4) is 0 Å². The van der Waals surface area contributed by atoms with Gasteiger partial charge in [0.15, 0.2) is 0 Å². The normalized spacial score (nSPS) is 19.7. The monoisotopic (exact) mass is 248 g/mol. The standard InChI is InChI=1S/C12H16N4O2/c1-16-7-9(2-3-11(16)17)15-12(18)10-6-8(13)4-5-14-10/h4-6,9H,2-3,7H2,1H3,(H2,13,14)(H,15,18). The summed E-state index contributed by atoms with van der Waals surface area (Å²) < 4.78 is 0. The molecule has 3 N–H and O–H groups in total. The van der Waals surface area contributed by atoms with Gasteiger partial charge in [-0.05, 0) is 18.6 Å². The lowest BCUT2D eigenvalue weighted by Gasteiger charge is -2.30. The number of piperidine rings is 1. The molecule has 0 aliphatic carbocycles. The zero-order chi connectivity index (χ0) is 13.1. The number of carbonyl (C=O) groups excluding carboxylic acids is 2. The van der Waals surface area contributed by atoms with E-state index < -0.39 is 0 Å². The second-order valence-corrected chi connectivity index (χ2v) is 4.46. The molecule has 6 heteroatoms. The van der Waals surface area contributed by atoms with Crippen LogP contribution in [-0.4, -0.2) is 41.3 Å². The third kappa shape index (κ3) is 2.77. The number of nitrogen functional groups attached to an aromatic ring is 1. The van der Waals surface area contributed by atoms with Gasteiger partial charge in [-0.3, -0.25) is 14.6 Å². The Bertz CT molecular complexity index is 475. The van der Waals surface area contributed by atoms with Crippen LogP contribution in [0.1, 0.15) is 23.3 Å². The van der Waals surface area contributed by atoms with Gasteiger partial charge in [-0.15, -0.1) is 0 Å². The summed E-state index contributed by atoms with van der Waals surface area (Å²) in [6, 6.07) is 3.14. The van der Waals surface area contributed by atoms with Crippen LogP contribution in [-0.2, 0) is 4.79 Å². The molecule has 1 aromatic heterocycles. The van der Waals surface area contributed by atoms with Gasteiger partial charge in [0.05, 0.1) is 0 Å². The number of nitrogens with two attached hydrogens (primary N) is 1. The number of aromatic nitrogens is 1. The predicted octanol–water partition coefficient (Wildman–Crippen LogP) is 0.0144. The first-order valence-corrected chi connectivity index (χ1v) is 5.82. The summed E-state index contributed by atoms with van der Waals surface area (Å²) in [7, 11) is 1.74. The maximum absolute atomic E-state index is 11.9. The highest BCUT2D eigenvalue weighted by Gasteiger charge is 2.24. The van der Waals surface area contributed by atoms with E-state index in [1.54, 1.807) is 18.0 Å². The first-order chi connectivity index (χ1) is 8.56. The topological polar surface area (TPSA) is 88.3 Å². The summed E-state index contributed by atoms with van der Waals surface area (Å²) >= 11 is 0. The Morgan fingerprint density at radius 1 is 1.61 bits per heavy atom. The first-order valence-electron chi connectivity index (χ1n) is 5.82. The Morgan fingerprint density at radius 2 is 2.39 bits per heavy atom. The Labute approximate surface area is 105 Å². The predicted molar refractivity (Wildman–Crippen MR) is 66.8 cm³/mol. The van der Waals surface area contributed by atoms with Crippen LogP contribution >= 0.6 is 0 Å². The zero-order valence-electron chi connectivity index (χ0n) is 10.2. The van der Waals surface area contributed by atoms with Crippen LogP contribution < -0.4 is 11.1 Å². The van der Waals surface area contributed by atoms with Crippen LogP contribution in [0.15, 0.2) is 18.3 Å². The van der Waals surface area contributed by atoms with E-state index in [9.17, 15) is 9.59 Å². The number of hydrogen-bond acceptors (Lipinski definition) is 4. The van der Waals surface area contributed by atoms with E-state index in [2.05, 4.69) is 10.3 Å². The third-order valence-corrected chi connectivity index (χ3v) is 2.98. The quantitative estimate of drug-likeness (QED) is 0.772. The van der Waals surface area contributed by atoms with Crippen molar-refractivity contribution in [2.75, 3.05) is 19.3 Å². The van der Waals surface area contributed by atoms with Crippen molar-refractivity contribution in [2.45, 2.75) is 18.9 Å². The lowest BCUT2D eigenvalue weighted by atomic mass is 10.1. The highest BCUT2D eigenvalue weighted by Crippen LogP contribution is 2.10. The number of rotatable bonds is 2. The van der Waals surface area contributed by atoms with Gasteiger partial charge < -0.3 is 16.0 Å². The number of amides is 2. The lowest BCUT2D eigenvalue weighted by molar-refractivity contribution is -0.132. The number of carbonyl (C=O) groups is 2. The number of nitrogens with zero attached hydrogens (tertiary/aromatic N) is 2. The van der Waals surface area contributed by atoms with Crippen molar-refractivity contribution >= 4 is 17.5 Å². The highest BCUT2D eigenvalue weighted by molar-refractivity contribution is 5.93. The van der Waals surface area contributed by atoms with Crippen LogP contribution in [0.25, 0.3) is 0 Å². The fourth-order valence-corrected chi connectivity index (χ4v) is 1.96. The van der Waals surface area contributed by atoms with Crippen molar-refractivity contribution in [2.24, 2.45) is 0 Å². The van der Waals surface area contributed by atoms with Gasteiger partial charge in [0.1, 0.15) is 5.69 Å².